The van der Waals surface area contributed by atoms with Gasteiger partial charge in [0, 0.05) is 24.5 Å². The van der Waals surface area contributed by atoms with Gasteiger partial charge in [0.05, 0.1) is 5.69 Å². The van der Waals surface area contributed by atoms with Gasteiger partial charge in [0.15, 0.2) is 11.6 Å². The Balaban J connectivity index is 1.82. The molecule has 2 heterocycles. The van der Waals surface area contributed by atoms with Gasteiger partial charge in [0.2, 0.25) is 0 Å². The topological polar surface area (TPSA) is 52.5 Å². The lowest BCUT2D eigenvalue weighted by atomic mass is 10.2. The number of para-hydroxylation sites is 1. The van der Waals surface area contributed by atoms with Crippen LogP contribution < -0.4 is 10.5 Å². The van der Waals surface area contributed by atoms with Crippen LogP contribution in [0.2, 0.25) is 0 Å². The summed E-state index contributed by atoms with van der Waals surface area (Å²) < 4.78 is 21.2. The Labute approximate surface area is 115 Å². The molecule has 0 saturated carbocycles. The summed E-state index contributed by atoms with van der Waals surface area (Å²) in [5, 5.41) is 0. The minimum Gasteiger partial charge on any atom is -0.484 e. The minimum absolute atomic E-state index is 0.201. The average molecular weight is 271 g/mol. The Kier molecular flexibility index (Phi) is 3.35. The lowest BCUT2D eigenvalue weighted by Crippen LogP contribution is -2.04. The van der Waals surface area contributed by atoms with Gasteiger partial charge in [-0.15, -0.1) is 0 Å². The molecule has 0 aliphatic rings. The Morgan fingerprint density at radius 3 is 2.90 bits per heavy atom. The fourth-order valence-electron chi connectivity index (χ4n) is 2.08. The second-order valence-corrected chi connectivity index (χ2v) is 4.42. The number of hydrogen-bond donors (Lipinski definition) is 1. The molecule has 0 radical (unpaired) electrons. The van der Waals surface area contributed by atoms with Gasteiger partial charge in [-0.3, -0.25) is 0 Å². The number of fused-ring (bicyclic) bond motifs is 1. The summed E-state index contributed by atoms with van der Waals surface area (Å²) in [6.45, 7) is 0.438. The first-order chi connectivity index (χ1) is 9.78. The van der Waals surface area contributed by atoms with Crippen LogP contribution in [0.1, 0.15) is 11.3 Å². The molecular weight excluding hydrogens is 257 g/mol. The molecule has 2 aromatic heterocycles. The Hall–Kier alpha value is -2.40. The summed E-state index contributed by atoms with van der Waals surface area (Å²) in [4.78, 5) is 4.40. The van der Waals surface area contributed by atoms with Crippen LogP contribution >= 0.6 is 0 Å². The summed E-state index contributed by atoms with van der Waals surface area (Å²) in [6.07, 6.45) is 3.76. The van der Waals surface area contributed by atoms with Crippen LogP contribution in [0.5, 0.6) is 5.75 Å². The molecule has 0 atom stereocenters. The van der Waals surface area contributed by atoms with Crippen LogP contribution in [-0.2, 0) is 13.2 Å². The van der Waals surface area contributed by atoms with Crippen molar-refractivity contribution in [1.82, 2.24) is 9.38 Å². The Morgan fingerprint density at radius 1 is 1.20 bits per heavy atom. The molecule has 0 amide bonds. The molecule has 0 saturated heterocycles. The van der Waals surface area contributed by atoms with E-state index >= 15 is 0 Å². The molecule has 0 spiro atoms. The molecule has 0 bridgehead atoms. The second kappa shape index (κ2) is 5.30. The standard InChI is InChI=1S/C15H14FN3O/c16-13-5-3-4-11(8-17)15(13)20-10-12-9-19-7-2-1-6-14(19)18-12/h1-7,9H,8,10,17H2. The van der Waals surface area contributed by atoms with E-state index in [2.05, 4.69) is 4.98 Å². The van der Waals surface area contributed by atoms with Crippen LogP contribution in [0.4, 0.5) is 4.39 Å². The van der Waals surface area contributed by atoms with E-state index in [0.29, 0.717) is 5.56 Å². The zero-order valence-electron chi connectivity index (χ0n) is 10.8. The van der Waals surface area contributed by atoms with Gasteiger partial charge in [-0.25, -0.2) is 9.37 Å². The third-order valence-electron chi connectivity index (χ3n) is 3.05. The maximum Gasteiger partial charge on any atom is 0.165 e. The normalized spacial score (nSPS) is 10.9. The third-order valence-corrected chi connectivity index (χ3v) is 3.05. The van der Waals surface area contributed by atoms with Gasteiger partial charge in [-0.2, -0.15) is 0 Å². The molecule has 4 nitrogen and oxygen atoms in total. The third kappa shape index (κ3) is 2.35. The van der Waals surface area contributed by atoms with Gasteiger partial charge in [0.25, 0.3) is 0 Å². The van der Waals surface area contributed by atoms with Crippen molar-refractivity contribution in [3.63, 3.8) is 0 Å². The van der Waals surface area contributed by atoms with E-state index < -0.39 is 5.82 Å². The monoisotopic (exact) mass is 271 g/mol. The van der Waals surface area contributed by atoms with Crippen LogP contribution in [0.3, 0.4) is 0 Å². The van der Waals surface area contributed by atoms with E-state index in [-0.39, 0.29) is 18.9 Å². The van der Waals surface area contributed by atoms with Gasteiger partial charge >= 0.3 is 0 Å². The van der Waals surface area contributed by atoms with Crippen molar-refractivity contribution < 1.29 is 9.13 Å². The quantitative estimate of drug-likeness (QED) is 0.793. The van der Waals surface area contributed by atoms with E-state index in [1.165, 1.54) is 6.07 Å². The highest BCUT2D eigenvalue weighted by molar-refractivity contribution is 5.39. The van der Waals surface area contributed by atoms with E-state index in [0.717, 1.165) is 11.3 Å². The number of nitrogens with zero attached hydrogens (tertiary/aromatic N) is 2. The predicted molar refractivity (Wildman–Crippen MR) is 73.8 cm³/mol. The van der Waals surface area contributed by atoms with Crippen LogP contribution in [0, 0.1) is 5.82 Å². The number of hydrogen-bond acceptors (Lipinski definition) is 3. The highest BCUT2D eigenvalue weighted by Gasteiger charge is 2.10. The zero-order valence-corrected chi connectivity index (χ0v) is 10.8. The van der Waals surface area contributed by atoms with Crippen molar-refractivity contribution >= 4 is 5.65 Å². The second-order valence-electron chi connectivity index (χ2n) is 4.42. The molecule has 3 aromatic rings. The van der Waals surface area contributed by atoms with Gasteiger partial charge < -0.3 is 14.9 Å². The highest BCUT2D eigenvalue weighted by Crippen LogP contribution is 2.23. The van der Waals surface area contributed by atoms with E-state index in [4.69, 9.17) is 10.5 Å². The van der Waals surface area contributed by atoms with E-state index in [1.807, 2.05) is 35.0 Å². The lowest BCUT2D eigenvalue weighted by Gasteiger charge is -2.09. The number of ether oxygens (including phenoxy) is 1. The summed E-state index contributed by atoms with van der Waals surface area (Å²) in [6, 6.07) is 10.5. The van der Waals surface area contributed by atoms with Crippen molar-refractivity contribution in [3.8, 4) is 5.75 Å². The zero-order chi connectivity index (χ0) is 13.9. The first kappa shape index (κ1) is 12.6. The van der Waals surface area contributed by atoms with Gasteiger partial charge in [-0.05, 0) is 18.2 Å². The highest BCUT2D eigenvalue weighted by atomic mass is 19.1. The smallest absolute Gasteiger partial charge is 0.165 e. The molecule has 5 heteroatoms. The van der Waals surface area contributed by atoms with Crippen LogP contribution in [0.15, 0.2) is 48.8 Å². The summed E-state index contributed by atoms with van der Waals surface area (Å²) in [5.74, 6) is -0.205. The molecule has 3 rings (SSSR count). The van der Waals surface area contributed by atoms with Crippen molar-refractivity contribution in [3.05, 3.63) is 65.9 Å². The van der Waals surface area contributed by atoms with Gasteiger partial charge in [0.1, 0.15) is 12.3 Å². The fraction of sp³-hybridized carbons (Fsp3) is 0.133. The first-order valence-corrected chi connectivity index (χ1v) is 6.31. The van der Waals surface area contributed by atoms with Crippen LogP contribution in [-0.4, -0.2) is 9.38 Å². The predicted octanol–water partition coefficient (Wildman–Crippen LogP) is 2.51. The summed E-state index contributed by atoms with van der Waals surface area (Å²) in [7, 11) is 0. The largest absolute Gasteiger partial charge is 0.484 e. The molecule has 0 aliphatic carbocycles. The lowest BCUT2D eigenvalue weighted by molar-refractivity contribution is 0.283. The average Bonchev–Trinajstić information content (AvgIpc) is 2.88. The molecular formula is C15H14FN3O. The number of imidazole rings is 1. The summed E-state index contributed by atoms with van der Waals surface area (Å²) in [5.41, 5.74) is 7.80. The number of rotatable bonds is 4. The maximum absolute atomic E-state index is 13.7. The number of benzene rings is 1. The maximum atomic E-state index is 13.7. The molecule has 1 aromatic carbocycles. The van der Waals surface area contributed by atoms with Crippen molar-refractivity contribution in [2.24, 2.45) is 5.73 Å². The Bertz CT molecular complexity index is 706. The van der Waals surface area contributed by atoms with E-state index in [1.54, 1.807) is 12.1 Å². The van der Waals surface area contributed by atoms with Crippen molar-refractivity contribution in [1.29, 1.82) is 0 Å². The molecule has 102 valence electrons. The number of aromatic nitrogens is 2. The van der Waals surface area contributed by atoms with Crippen LogP contribution in [0.25, 0.3) is 5.65 Å². The SMILES string of the molecule is NCc1cccc(F)c1OCc1cn2ccccc2n1. The summed E-state index contributed by atoms with van der Waals surface area (Å²) >= 11 is 0. The van der Waals surface area contributed by atoms with Crippen molar-refractivity contribution in [2.75, 3.05) is 0 Å². The number of halogens is 1. The first-order valence-electron chi connectivity index (χ1n) is 6.31. The van der Waals surface area contributed by atoms with Gasteiger partial charge in [-0.1, -0.05) is 18.2 Å². The molecule has 0 unspecified atom stereocenters. The molecule has 20 heavy (non-hydrogen) atoms. The minimum atomic E-state index is -0.406. The molecule has 0 aliphatic heterocycles. The molecule has 0 fully saturated rings. The number of nitrogens with two attached hydrogens (primary N) is 1. The number of pyridine rings is 1. The fourth-order valence-corrected chi connectivity index (χ4v) is 2.08. The molecule has 2 N–H and O–H groups in total. The Morgan fingerprint density at radius 2 is 2.10 bits per heavy atom. The van der Waals surface area contributed by atoms with E-state index in [9.17, 15) is 4.39 Å². The van der Waals surface area contributed by atoms with Crippen molar-refractivity contribution in [2.45, 2.75) is 13.2 Å².